The number of nitrogens with zero attached hydrogens (tertiary/aromatic N) is 1. The standard InChI is InChI=1S/C21H26ClN3O2/c1-14-8-7-9-16(12-14)21(27)24-15(2)20(26)23-13-19(25(3)4)17-10-5-6-11-18(17)22/h5-12,15,19H,13H2,1-4H3,(H,23,26)(H,24,27). The fraction of sp³-hybridized carbons (Fsp3) is 0.333. The highest BCUT2D eigenvalue weighted by atomic mass is 35.5. The van der Waals surface area contributed by atoms with Gasteiger partial charge in [0.1, 0.15) is 6.04 Å². The van der Waals surface area contributed by atoms with Gasteiger partial charge in [-0.25, -0.2) is 0 Å². The molecule has 0 heterocycles. The van der Waals surface area contributed by atoms with Crippen molar-refractivity contribution in [1.29, 1.82) is 0 Å². The van der Waals surface area contributed by atoms with Gasteiger partial charge in [0.15, 0.2) is 0 Å². The van der Waals surface area contributed by atoms with Crippen molar-refractivity contribution in [3.05, 3.63) is 70.2 Å². The van der Waals surface area contributed by atoms with E-state index in [-0.39, 0.29) is 17.9 Å². The van der Waals surface area contributed by atoms with Crippen LogP contribution >= 0.6 is 11.6 Å². The van der Waals surface area contributed by atoms with Crippen LogP contribution in [0.4, 0.5) is 0 Å². The third-order valence-electron chi connectivity index (χ3n) is 4.38. The molecule has 2 N–H and O–H groups in total. The van der Waals surface area contributed by atoms with Crippen LogP contribution in [0.2, 0.25) is 5.02 Å². The van der Waals surface area contributed by atoms with E-state index in [1.807, 2.05) is 62.3 Å². The second kappa shape index (κ2) is 9.53. The molecule has 2 amide bonds. The second-order valence-corrected chi connectivity index (χ2v) is 7.22. The summed E-state index contributed by atoms with van der Waals surface area (Å²) in [7, 11) is 3.87. The number of rotatable bonds is 7. The van der Waals surface area contributed by atoms with Gasteiger partial charge in [-0.15, -0.1) is 0 Å². The van der Waals surface area contributed by atoms with Crippen molar-refractivity contribution in [2.24, 2.45) is 0 Å². The number of halogens is 1. The quantitative estimate of drug-likeness (QED) is 0.767. The van der Waals surface area contributed by atoms with Crippen molar-refractivity contribution in [3.63, 3.8) is 0 Å². The Hall–Kier alpha value is -2.37. The molecule has 6 heteroatoms. The smallest absolute Gasteiger partial charge is 0.251 e. The normalized spacial score (nSPS) is 13.1. The van der Waals surface area contributed by atoms with Crippen molar-refractivity contribution in [2.75, 3.05) is 20.6 Å². The van der Waals surface area contributed by atoms with E-state index in [0.717, 1.165) is 11.1 Å². The third kappa shape index (κ3) is 5.81. The zero-order chi connectivity index (χ0) is 20.0. The van der Waals surface area contributed by atoms with Gasteiger partial charge in [-0.2, -0.15) is 0 Å². The lowest BCUT2D eigenvalue weighted by atomic mass is 10.1. The largest absolute Gasteiger partial charge is 0.352 e. The molecule has 2 aromatic rings. The van der Waals surface area contributed by atoms with Crippen LogP contribution < -0.4 is 10.6 Å². The molecule has 0 aliphatic heterocycles. The van der Waals surface area contributed by atoms with E-state index in [2.05, 4.69) is 10.6 Å². The summed E-state index contributed by atoms with van der Waals surface area (Å²) in [6.45, 7) is 3.98. The number of nitrogens with one attached hydrogen (secondary N) is 2. The van der Waals surface area contributed by atoms with Gasteiger partial charge in [0, 0.05) is 17.1 Å². The molecule has 0 saturated carbocycles. The molecular weight excluding hydrogens is 362 g/mol. The fourth-order valence-electron chi connectivity index (χ4n) is 2.80. The molecule has 0 saturated heterocycles. The molecule has 0 spiro atoms. The van der Waals surface area contributed by atoms with Gasteiger partial charge in [0.2, 0.25) is 5.91 Å². The molecule has 0 bridgehead atoms. The van der Waals surface area contributed by atoms with Crippen molar-refractivity contribution in [2.45, 2.75) is 25.9 Å². The van der Waals surface area contributed by atoms with Gasteiger partial charge in [0.25, 0.3) is 5.91 Å². The molecule has 144 valence electrons. The Morgan fingerprint density at radius 1 is 1.11 bits per heavy atom. The second-order valence-electron chi connectivity index (χ2n) is 6.81. The highest BCUT2D eigenvalue weighted by Crippen LogP contribution is 2.25. The Morgan fingerprint density at radius 3 is 2.44 bits per heavy atom. The molecule has 2 aromatic carbocycles. The third-order valence-corrected chi connectivity index (χ3v) is 4.72. The van der Waals surface area contributed by atoms with Crippen molar-refractivity contribution in [3.8, 4) is 0 Å². The first-order chi connectivity index (χ1) is 12.8. The summed E-state index contributed by atoms with van der Waals surface area (Å²) in [5.74, 6) is -0.508. The first kappa shape index (κ1) is 20.9. The minimum absolute atomic E-state index is 0.0673. The molecule has 0 radical (unpaired) electrons. The van der Waals surface area contributed by atoms with Crippen molar-refractivity contribution >= 4 is 23.4 Å². The Kier molecular flexibility index (Phi) is 7.39. The SMILES string of the molecule is Cc1cccc(C(=O)NC(C)C(=O)NCC(c2ccccc2Cl)N(C)C)c1. The molecular formula is C21H26ClN3O2. The summed E-state index contributed by atoms with van der Waals surface area (Å²) in [5, 5.41) is 6.30. The lowest BCUT2D eigenvalue weighted by Gasteiger charge is -2.26. The maximum absolute atomic E-state index is 12.4. The molecule has 2 rings (SSSR count). The van der Waals surface area contributed by atoms with E-state index >= 15 is 0 Å². The zero-order valence-corrected chi connectivity index (χ0v) is 16.9. The topological polar surface area (TPSA) is 61.4 Å². The minimum Gasteiger partial charge on any atom is -0.352 e. The van der Waals surface area contributed by atoms with Crippen LogP contribution in [0.25, 0.3) is 0 Å². The van der Waals surface area contributed by atoms with Gasteiger partial charge in [-0.05, 0) is 51.7 Å². The lowest BCUT2D eigenvalue weighted by Crippen LogP contribution is -2.46. The average molecular weight is 388 g/mol. The number of hydrogen-bond acceptors (Lipinski definition) is 3. The summed E-state index contributed by atoms with van der Waals surface area (Å²) < 4.78 is 0. The van der Waals surface area contributed by atoms with Crippen LogP contribution in [-0.4, -0.2) is 43.4 Å². The predicted molar refractivity (Wildman–Crippen MR) is 109 cm³/mol. The number of benzene rings is 2. The molecule has 0 aliphatic rings. The maximum atomic E-state index is 12.4. The van der Waals surface area contributed by atoms with Crippen LogP contribution in [-0.2, 0) is 4.79 Å². The number of carbonyl (C=O) groups is 2. The lowest BCUT2D eigenvalue weighted by molar-refractivity contribution is -0.122. The number of likely N-dealkylation sites (N-methyl/N-ethyl adjacent to an activating group) is 1. The summed E-state index contributed by atoms with van der Waals surface area (Å²) in [5.41, 5.74) is 2.48. The molecule has 2 unspecified atom stereocenters. The summed E-state index contributed by atoms with van der Waals surface area (Å²) in [6, 6.07) is 14.1. The Morgan fingerprint density at radius 2 is 1.81 bits per heavy atom. The monoisotopic (exact) mass is 387 g/mol. The van der Waals surface area contributed by atoms with Gasteiger partial charge < -0.3 is 15.5 Å². The van der Waals surface area contributed by atoms with Gasteiger partial charge >= 0.3 is 0 Å². The van der Waals surface area contributed by atoms with Crippen LogP contribution in [0.15, 0.2) is 48.5 Å². The summed E-state index contributed by atoms with van der Waals surface area (Å²) in [4.78, 5) is 26.7. The number of carbonyl (C=O) groups excluding carboxylic acids is 2. The van der Waals surface area contributed by atoms with Gasteiger partial charge in [-0.1, -0.05) is 47.5 Å². The number of amides is 2. The predicted octanol–water partition coefficient (Wildman–Crippen LogP) is 3.19. The Labute approximate surface area is 165 Å². The van der Waals surface area contributed by atoms with E-state index in [1.165, 1.54) is 0 Å². The minimum atomic E-state index is -0.646. The first-order valence-corrected chi connectivity index (χ1v) is 9.23. The van der Waals surface area contributed by atoms with E-state index in [0.29, 0.717) is 17.1 Å². The highest BCUT2D eigenvalue weighted by molar-refractivity contribution is 6.31. The van der Waals surface area contributed by atoms with Gasteiger partial charge in [-0.3, -0.25) is 9.59 Å². The molecule has 27 heavy (non-hydrogen) atoms. The van der Waals surface area contributed by atoms with Crippen LogP contribution in [0.3, 0.4) is 0 Å². The summed E-state index contributed by atoms with van der Waals surface area (Å²) in [6.07, 6.45) is 0. The van der Waals surface area contributed by atoms with E-state index in [9.17, 15) is 9.59 Å². The molecule has 0 fully saturated rings. The maximum Gasteiger partial charge on any atom is 0.251 e. The van der Waals surface area contributed by atoms with Crippen LogP contribution in [0, 0.1) is 6.92 Å². The molecule has 0 aromatic heterocycles. The van der Waals surface area contributed by atoms with E-state index < -0.39 is 6.04 Å². The number of hydrogen-bond donors (Lipinski definition) is 2. The van der Waals surface area contributed by atoms with Gasteiger partial charge in [0.05, 0.1) is 6.04 Å². The van der Waals surface area contributed by atoms with Crippen molar-refractivity contribution in [1.82, 2.24) is 15.5 Å². The highest BCUT2D eigenvalue weighted by Gasteiger charge is 2.21. The van der Waals surface area contributed by atoms with Crippen LogP contribution in [0.1, 0.15) is 34.5 Å². The van der Waals surface area contributed by atoms with Crippen molar-refractivity contribution < 1.29 is 9.59 Å². The molecule has 5 nitrogen and oxygen atoms in total. The Bertz CT molecular complexity index is 808. The molecule has 2 atom stereocenters. The fourth-order valence-corrected chi connectivity index (χ4v) is 3.06. The van der Waals surface area contributed by atoms with E-state index in [4.69, 9.17) is 11.6 Å². The summed E-state index contributed by atoms with van der Waals surface area (Å²) >= 11 is 6.29. The van der Waals surface area contributed by atoms with E-state index in [1.54, 1.807) is 19.1 Å². The average Bonchev–Trinajstić information content (AvgIpc) is 2.62. The Balaban J connectivity index is 1.97. The zero-order valence-electron chi connectivity index (χ0n) is 16.1. The number of aryl methyl sites for hydroxylation is 1. The molecule has 0 aliphatic carbocycles. The first-order valence-electron chi connectivity index (χ1n) is 8.85. The van der Waals surface area contributed by atoms with Crippen LogP contribution in [0.5, 0.6) is 0 Å².